The predicted octanol–water partition coefficient (Wildman–Crippen LogP) is 2.64. The summed E-state index contributed by atoms with van der Waals surface area (Å²) in [5.74, 6) is 0.240. The van der Waals surface area contributed by atoms with Gasteiger partial charge in [0, 0.05) is 19.0 Å². The molecule has 1 unspecified atom stereocenters. The number of carbonyl (C=O) groups is 1. The molecule has 2 aliphatic rings. The zero-order valence-electron chi connectivity index (χ0n) is 11.5. The van der Waals surface area contributed by atoms with Gasteiger partial charge in [-0.05, 0) is 44.1 Å². The molecule has 0 radical (unpaired) electrons. The van der Waals surface area contributed by atoms with Crippen molar-refractivity contribution in [2.75, 3.05) is 13.1 Å². The van der Waals surface area contributed by atoms with E-state index in [0.29, 0.717) is 17.9 Å². The maximum absolute atomic E-state index is 11.9. The van der Waals surface area contributed by atoms with E-state index in [-0.39, 0.29) is 18.3 Å². The monoisotopic (exact) mass is 274 g/mol. The molecule has 2 N–H and O–H groups in total. The van der Waals surface area contributed by atoms with Crippen LogP contribution in [0, 0.1) is 5.41 Å². The van der Waals surface area contributed by atoms with Crippen molar-refractivity contribution in [1.82, 2.24) is 10.6 Å². The molecule has 2 fully saturated rings. The van der Waals surface area contributed by atoms with Crippen LogP contribution in [0.2, 0.25) is 0 Å². The number of hydrogen-bond acceptors (Lipinski definition) is 2. The van der Waals surface area contributed by atoms with E-state index in [4.69, 9.17) is 0 Å². The van der Waals surface area contributed by atoms with Gasteiger partial charge in [0.2, 0.25) is 5.91 Å². The van der Waals surface area contributed by atoms with Gasteiger partial charge in [-0.25, -0.2) is 0 Å². The smallest absolute Gasteiger partial charge is 0.221 e. The van der Waals surface area contributed by atoms with E-state index in [1.54, 1.807) is 0 Å². The molecule has 1 aliphatic carbocycles. The molecule has 4 heteroatoms. The number of rotatable bonds is 5. The van der Waals surface area contributed by atoms with Gasteiger partial charge in [-0.1, -0.05) is 19.8 Å². The predicted molar refractivity (Wildman–Crippen MR) is 77.1 cm³/mol. The Labute approximate surface area is 117 Å². The molecule has 1 saturated carbocycles. The van der Waals surface area contributed by atoms with Crippen LogP contribution in [0.25, 0.3) is 0 Å². The van der Waals surface area contributed by atoms with Crippen LogP contribution in [0.5, 0.6) is 0 Å². The normalized spacial score (nSPS) is 25.7. The van der Waals surface area contributed by atoms with Crippen LogP contribution >= 0.6 is 12.4 Å². The van der Waals surface area contributed by atoms with Crippen LogP contribution in [0.4, 0.5) is 0 Å². The minimum absolute atomic E-state index is 0. The third kappa shape index (κ3) is 4.13. The maximum Gasteiger partial charge on any atom is 0.221 e. The second kappa shape index (κ2) is 7.34. The molecule has 1 atom stereocenters. The Morgan fingerprint density at radius 2 is 2.06 bits per heavy atom. The Hall–Kier alpha value is -0.280. The summed E-state index contributed by atoms with van der Waals surface area (Å²) in [5, 5.41) is 6.54. The van der Waals surface area contributed by atoms with Crippen molar-refractivity contribution < 1.29 is 4.79 Å². The summed E-state index contributed by atoms with van der Waals surface area (Å²) in [6.45, 7) is 4.24. The highest BCUT2D eigenvalue weighted by atomic mass is 35.5. The SMILES string of the molecule is CCC1(CNC(=O)CC2CCCN2)CCCC1.Cl. The first-order valence-electron chi connectivity index (χ1n) is 7.24. The first-order chi connectivity index (χ1) is 8.24. The zero-order valence-corrected chi connectivity index (χ0v) is 12.3. The zero-order chi connectivity index (χ0) is 12.1. The third-order valence-electron chi connectivity index (χ3n) is 4.67. The summed E-state index contributed by atoms with van der Waals surface area (Å²) in [5.41, 5.74) is 0.415. The van der Waals surface area contributed by atoms with Crippen LogP contribution in [0.15, 0.2) is 0 Å². The van der Waals surface area contributed by atoms with Crippen molar-refractivity contribution in [2.45, 2.75) is 64.3 Å². The summed E-state index contributed by atoms with van der Waals surface area (Å²) >= 11 is 0. The fourth-order valence-corrected chi connectivity index (χ4v) is 3.29. The van der Waals surface area contributed by atoms with Gasteiger partial charge in [0.1, 0.15) is 0 Å². The fourth-order valence-electron chi connectivity index (χ4n) is 3.29. The average Bonchev–Trinajstić information content (AvgIpc) is 2.98. The summed E-state index contributed by atoms with van der Waals surface area (Å²) in [7, 11) is 0. The first kappa shape index (κ1) is 15.8. The van der Waals surface area contributed by atoms with Crippen LogP contribution in [0.3, 0.4) is 0 Å². The largest absolute Gasteiger partial charge is 0.355 e. The number of amides is 1. The first-order valence-corrected chi connectivity index (χ1v) is 7.24. The lowest BCUT2D eigenvalue weighted by atomic mass is 9.83. The fraction of sp³-hybridized carbons (Fsp3) is 0.929. The number of carbonyl (C=O) groups excluding carboxylic acids is 1. The van der Waals surface area contributed by atoms with Gasteiger partial charge in [0.25, 0.3) is 0 Å². The lowest BCUT2D eigenvalue weighted by Crippen LogP contribution is -2.38. The van der Waals surface area contributed by atoms with Crippen molar-refractivity contribution >= 4 is 18.3 Å². The molecule has 106 valence electrons. The van der Waals surface area contributed by atoms with E-state index in [2.05, 4.69) is 17.6 Å². The minimum atomic E-state index is 0. The van der Waals surface area contributed by atoms with Gasteiger partial charge in [-0.15, -0.1) is 12.4 Å². The molecule has 0 bridgehead atoms. The van der Waals surface area contributed by atoms with Gasteiger partial charge < -0.3 is 10.6 Å². The van der Waals surface area contributed by atoms with Crippen molar-refractivity contribution in [2.24, 2.45) is 5.41 Å². The lowest BCUT2D eigenvalue weighted by molar-refractivity contribution is -0.122. The van der Waals surface area contributed by atoms with Crippen molar-refractivity contribution in [3.63, 3.8) is 0 Å². The maximum atomic E-state index is 11.9. The number of hydrogen-bond donors (Lipinski definition) is 2. The van der Waals surface area contributed by atoms with Gasteiger partial charge in [0.15, 0.2) is 0 Å². The highest BCUT2D eigenvalue weighted by Gasteiger charge is 2.32. The van der Waals surface area contributed by atoms with Crippen molar-refractivity contribution in [3.05, 3.63) is 0 Å². The standard InChI is InChI=1S/C14H26N2O.ClH/c1-2-14(7-3-4-8-14)11-16-13(17)10-12-6-5-9-15-12;/h12,15H,2-11H2,1H3,(H,16,17);1H. The van der Waals surface area contributed by atoms with Crippen LogP contribution < -0.4 is 10.6 Å². The Morgan fingerprint density at radius 3 is 2.61 bits per heavy atom. The molecule has 0 spiro atoms. The molecule has 0 aromatic heterocycles. The van der Waals surface area contributed by atoms with E-state index >= 15 is 0 Å². The third-order valence-corrected chi connectivity index (χ3v) is 4.67. The molecular formula is C14H27ClN2O. The van der Waals surface area contributed by atoms with Crippen LogP contribution in [0.1, 0.15) is 58.3 Å². The van der Waals surface area contributed by atoms with Crippen LogP contribution in [-0.4, -0.2) is 25.0 Å². The molecule has 18 heavy (non-hydrogen) atoms. The van der Waals surface area contributed by atoms with Gasteiger partial charge in [-0.3, -0.25) is 4.79 Å². The quantitative estimate of drug-likeness (QED) is 0.809. The van der Waals surface area contributed by atoms with Gasteiger partial charge >= 0.3 is 0 Å². The Morgan fingerprint density at radius 1 is 1.33 bits per heavy atom. The molecule has 3 nitrogen and oxygen atoms in total. The lowest BCUT2D eigenvalue weighted by Gasteiger charge is -2.27. The average molecular weight is 275 g/mol. The molecule has 1 aliphatic heterocycles. The summed E-state index contributed by atoms with van der Waals surface area (Å²) < 4.78 is 0. The van der Waals surface area contributed by atoms with E-state index in [1.807, 2.05) is 0 Å². The molecule has 1 amide bonds. The molecule has 1 heterocycles. The summed E-state index contributed by atoms with van der Waals surface area (Å²) in [4.78, 5) is 11.9. The Kier molecular flexibility index (Phi) is 6.44. The summed E-state index contributed by atoms with van der Waals surface area (Å²) in [6.07, 6.45) is 9.52. The highest BCUT2D eigenvalue weighted by molar-refractivity contribution is 5.85. The van der Waals surface area contributed by atoms with Crippen LogP contribution in [-0.2, 0) is 4.79 Å². The van der Waals surface area contributed by atoms with Gasteiger partial charge in [-0.2, -0.15) is 0 Å². The van der Waals surface area contributed by atoms with Crippen molar-refractivity contribution in [3.8, 4) is 0 Å². The second-order valence-corrected chi connectivity index (χ2v) is 5.83. The highest BCUT2D eigenvalue weighted by Crippen LogP contribution is 2.40. The Bertz CT molecular complexity index is 259. The molecule has 0 aromatic carbocycles. The molecule has 1 saturated heterocycles. The number of nitrogens with one attached hydrogen (secondary N) is 2. The summed E-state index contributed by atoms with van der Waals surface area (Å²) in [6, 6.07) is 0.427. The second-order valence-electron chi connectivity index (χ2n) is 5.83. The molecule has 2 rings (SSSR count). The van der Waals surface area contributed by atoms with E-state index in [0.717, 1.165) is 19.5 Å². The Balaban J connectivity index is 0.00000162. The number of halogens is 1. The topological polar surface area (TPSA) is 41.1 Å². The molecule has 0 aromatic rings. The van der Waals surface area contributed by atoms with E-state index in [1.165, 1.54) is 38.5 Å². The minimum Gasteiger partial charge on any atom is -0.355 e. The van der Waals surface area contributed by atoms with E-state index in [9.17, 15) is 4.79 Å². The van der Waals surface area contributed by atoms with Crippen molar-refractivity contribution in [1.29, 1.82) is 0 Å². The molecular weight excluding hydrogens is 248 g/mol. The van der Waals surface area contributed by atoms with E-state index < -0.39 is 0 Å². The van der Waals surface area contributed by atoms with Gasteiger partial charge in [0.05, 0.1) is 0 Å².